The van der Waals surface area contributed by atoms with E-state index in [0.29, 0.717) is 35.4 Å². The van der Waals surface area contributed by atoms with Crippen LogP contribution in [0.25, 0.3) is 11.0 Å². The van der Waals surface area contributed by atoms with Gasteiger partial charge in [0, 0.05) is 6.54 Å². The summed E-state index contributed by atoms with van der Waals surface area (Å²) in [5.74, 6) is 0.600. The average molecular weight is 454 g/mol. The van der Waals surface area contributed by atoms with Gasteiger partial charge in [-0.1, -0.05) is 55.5 Å². The third-order valence-electron chi connectivity index (χ3n) is 6.30. The predicted octanol–water partition coefficient (Wildman–Crippen LogP) is 5.94. The van der Waals surface area contributed by atoms with Crippen molar-refractivity contribution in [2.24, 2.45) is 0 Å². The number of benzene rings is 3. The Hall–Kier alpha value is -3.86. The Kier molecular flexibility index (Phi) is 5.70. The number of carbonyl (C=O) groups excluding carboxylic acids is 1. The lowest BCUT2D eigenvalue weighted by atomic mass is 9.96. The largest absolute Gasteiger partial charge is 0.489 e. The van der Waals surface area contributed by atoms with Gasteiger partial charge >= 0.3 is 0 Å². The molecule has 0 aliphatic carbocycles. The fraction of sp³-hybridized carbons (Fsp3) is 0.241. The van der Waals surface area contributed by atoms with Crippen LogP contribution in [0.5, 0.6) is 5.75 Å². The lowest BCUT2D eigenvalue weighted by molar-refractivity contribution is 0.0728. The standard InChI is InChI=1S/C29H27NO4/c1-4-13-30-26(21-11-8-12-22(16-21)33-17-20-9-6-5-7-10-20)25-27(31)24-19(3)14-18(2)15-23(24)34-28(25)29(30)32/h5-12,14-16,26H,4,13,17H2,1-3H3. The Morgan fingerprint density at radius 3 is 2.53 bits per heavy atom. The minimum atomic E-state index is -0.510. The molecule has 2 heterocycles. The second-order valence-corrected chi connectivity index (χ2v) is 8.88. The molecule has 3 aromatic carbocycles. The van der Waals surface area contributed by atoms with Crippen molar-refractivity contribution in [1.29, 1.82) is 0 Å². The van der Waals surface area contributed by atoms with E-state index in [0.717, 1.165) is 28.7 Å². The first-order valence-corrected chi connectivity index (χ1v) is 11.6. The number of aryl methyl sites for hydroxylation is 2. The number of fused-ring (bicyclic) bond motifs is 2. The minimum Gasteiger partial charge on any atom is -0.489 e. The van der Waals surface area contributed by atoms with Crippen LogP contribution in [0, 0.1) is 13.8 Å². The number of hydrogen-bond acceptors (Lipinski definition) is 4. The van der Waals surface area contributed by atoms with Crippen LogP contribution >= 0.6 is 0 Å². The quantitative estimate of drug-likeness (QED) is 0.362. The van der Waals surface area contributed by atoms with Crippen molar-refractivity contribution in [3.05, 3.63) is 111 Å². The molecule has 34 heavy (non-hydrogen) atoms. The molecule has 1 aliphatic rings. The summed E-state index contributed by atoms with van der Waals surface area (Å²) in [4.78, 5) is 28.9. The summed E-state index contributed by atoms with van der Waals surface area (Å²) in [6, 6.07) is 20.9. The normalized spacial score (nSPS) is 15.1. The lowest BCUT2D eigenvalue weighted by Gasteiger charge is -2.25. The van der Waals surface area contributed by atoms with Crippen LogP contribution < -0.4 is 10.2 Å². The number of rotatable bonds is 6. The van der Waals surface area contributed by atoms with Crippen molar-refractivity contribution in [1.82, 2.24) is 4.90 Å². The first kappa shape index (κ1) is 22.0. The molecule has 0 bridgehead atoms. The van der Waals surface area contributed by atoms with Crippen molar-refractivity contribution in [2.45, 2.75) is 39.8 Å². The van der Waals surface area contributed by atoms with E-state index in [2.05, 4.69) is 0 Å². The Labute approximate surface area is 198 Å². The molecule has 0 saturated carbocycles. The van der Waals surface area contributed by atoms with Crippen LogP contribution in [-0.2, 0) is 6.61 Å². The van der Waals surface area contributed by atoms with E-state index in [1.165, 1.54) is 0 Å². The van der Waals surface area contributed by atoms with E-state index in [9.17, 15) is 9.59 Å². The second-order valence-electron chi connectivity index (χ2n) is 8.88. The molecule has 1 aromatic heterocycles. The van der Waals surface area contributed by atoms with Gasteiger partial charge < -0.3 is 14.1 Å². The maximum absolute atomic E-state index is 13.8. The summed E-state index contributed by atoms with van der Waals surface area (Å²) in [6.45, 7) is 6.85. The Balaban J connectivity index is 1.61. The highest BCUT2D eigenvalue weighted by Gasteiger charge is 2.42. The molecule has 172 valence electrons. The van der Waals surface area contributed by atoms with E-state index in [4.69, 9.17) is 9.15 Å². The highest BCUT2D eigenvalue weighted by atomic mass is 16.5. The van der Waals surface area contributed by atoms with E-state index >= 15 is 0 Å². The molecule has 5 nitrogen and oxygen atoms in total. The van der Waals surface area contributed by atoms with Gasteiger partial charge in [-0.15, -0.1) is 0 Å². The molecule has 1 unspecified atom stereocenters. The maximum atomic E-state index is 13.8. The van der Waals surface area contributed by atoms with Crippen LogP contribution in [0.1, 0.15) is 57.8 Å². The van der Waals surface area contributed by atoms with Gasteiger partial charge in [0.25, 0.3) is 5.91 Å². The molecule has 5 heteroatoms. The van der Waals surface area contributed by atoms with Gasteiger partial charge in [0.2, 0.25) is 5.76 Å². The topological polar surface area (TPSA) is 59.8 Å². The maximum Gasteiger partial charge on any atom is 0.290 e. The summed E-state index contributed by atoms with van der Waals surface area (Å²) in [5, 5.41) is 0.539. The van der Waals surface area contributed by atoms with Crippen LogP contribution in [0.3, 0.4) is 0 Å². The summed E-state index contributed by atoms with van der Waals surface area (Å²) in [6.07, 6.45) is 0.770. The van der Waals surface area contributed by atoms with Crippen molar-refractivity contribution in [3.8, 4) is 5.75 Å². The third-order valence-corrected chi connectivity index (χ3v) is 6.30. The summed E-state index contributed by atoms with van der Waals surface area (Å²) < 4.78 is 12.1. The fourth-order valence-corrected chi connectivity index (χ4v) is 4.85. The summed E-state index contributed by atoms with van der Waals surface area (Å²) in [5.41, 5.74) is 4.49. The molecule has 0 spiro atoms. The number of hydrogen-bond donors (Lipinski definition) is 0. The molecule has 1 amide bonds. The molecule has 1 atom stereocenters. The second kappa shape index (κ2) is 8.82. The van der Waals surface area contributed by atoms with E-state index in [-0.39, 0.29) is 17.1 Å². The molecule has 0 saturated heterocycles. The highest BCUT2D eigenvalue weighted by Crippen LogP contribution is 2.39. The number of amides is 1. The zero-order valence-corrected chi connectivity index (χ0v) is 19.6. The van der Waals surface area contributed by atoms with Crippen molar-refractivity contribution in [3.63, 3.8) is 0 Å². The SMILES string of the molecule is CCCN1C(=O)c2oc3cc(C)cc(C)c3c(=O)c2C1c1cccc(OCc2ccccc2)c1. The minimum absolute atomic E-state index is 0.138. The van der Waals surface area contributed by atoms with Crippen molar-refractivity contribution < 1.29 is 13.9 Å². The number of ether oxygens (including phenoxy) is 1. The van der Waals surface area contributed by atoms with E-state index in [1.807, 2.05) is 87.5 Å². The molecular weight excluding hydrogens is 426 g/mol. The molecule has 0 radical (unpaired) electrons. The first-order chi connectivity index (χ1) is 16.5. The molecule has 4 aromatic rings. The molecule has 0 fully saturated rings. The highest BCUT2D eigenvalue weighted by molar-refractivity contribution is 5.99. The van der Waals surface area contributed by atoms with Crippen LogP contribution in [-0.4, -0.2) is 17.4 Å². The van der Waals surface area contributed by atoms with Gasteiger partial charge in [-0.05, 0) is 60.7 Å². The van der Waals surface area contributed by atoms with Gasteiger partial charge in [0.05, 0.1) is 17.0 Å². The van der Waals surface area contributed by atoms with Gasteiger partial charge in [-0.25, -0.2) is 0 Å². The number of carbonyl (C=O) groups is 1. The average Bonchev–Trinajstić information content (AvgIpc) is 3.10. The molecule has 5 rings (SSSR count). The summed E-state index contributed by atoms with van der Waals surface area (Å²) >= 11 is 0. The zero-order valence-electron chi connectivity index (χ0n) is 19.6. The lowest BCUT2D eigenvalue weighted by Crippen LogP contribution is -2.30. The van der Waals surface area contributed by atoms with E-state index < -0.39 is 6.04 Å². The Morgan fingerprint density at radius 1 is 0.971 bits per heavy atom. The monoisotopic (exact) mass is 453 g/mol. The Morgan fingerprint density at radius 2 is 1.76 bits per heavy atom. The zero-order chi connectivity index (χ0) is 23.8. The molecular formula is C29H27NO4. The van der Waals surface area contributed by atoms with Gasteiger partial charge in [-0.3, -0.25) is 9.59 Å². The number of nitrogens with zero attached hydrogens (tertiary/aromatic N) is 1. The molecule has 1 aliphatic heterocycles. The first-order valence-electron chi connectivity index (χ1n) is 11.6. The predicted molar refractivity (Wildman–Crippen MR) is 132 cm³/mol. The smallest absolute Gasteiger partial charge is 0.290 e. The van der Waals surface area contributed by atoms with Gasteiger partial charge in [-0.2, -0.15) is 0 Å². The molecule has 0 N–H and O–H groups in total. The summed E-state index contributed by atoms with van der Waals surface area (Å²) in [7, 11) is 0. The van der Waals surface area contributed by atoms with Gasteiger partial charge in [0.1, 0.15) is 17.9 Å². The fourth-order valence-electron chi connectivity index (χ4n) is 4.85. The third kappa shape index (κ3) is 3.77. The van der Waals surface area contributed by atoms with Crippen LogP contribution in [0.4, 0.5) is 0 Å². The van der Waals surface area contributed by atoms with Crippen LogP contribution in [0.2, 0.25) is 0 Å². The Bertz CT molecular complexity index is 1440. The van der Waals surface area contributed by atoms with Crippen molar-refractivity contribution in [2.75, 3.05) is 6.54 Å². The van der Waals surface area contributed by atoms with Gasteiger partial charge in [0.15, 0.2) is 5.43 Å². The van der Waals surface area contributed by atoms with Crippen LogP contribution in [0.15, 0.2) is 75.9 Å². The van der Waals surface area contributed by atoms with E-state index in [1.54, 1.807) is 4.90 Å². The van der Waals surface area contributed by atoms with Crippen molar-refractivity contribution >= 4 is 16.9 Å².